The minimum absolute atomic E-state index is 0.0139. The van der Waals surface area contributed by atoms with E-state index < -0.39 is 0 Å². The van der Waals surface area contributed by atoms with E-state index in [9.17, 15) is 0 Å². The Morgan fingerprint density at radius 3 is 2.50 bits per heavy atom. The van der Waals surface area contributed by atoms with Gasteiger partial charge in [0.25, 0.3) is 0 Å². The Morgan fingerprint density at radius 1 is 1.00 bits per heavy atom. The zero-order valence-corrected chi connectivity index (χ0v) is 14.0. The van der Waals surface area contributed by atoms with Gasteiger partial charge >= 0.3 is 0 Å². The van der Waals surface area contributed by atoms with E-state index in [0.29, 0.717) is 5.88 Å². The molecule has 3 heterocycles. The second-order valence-electron chi connectivity index (χ2n) is 5.65. The number of rotatable bonds is 5. The van der Waals surface area contributed by atoms with Crippen LogP contribution in [0.5, 0.6) is 5.88 Å². The van der Waals surface area contributed by atoms with Crippen molar-refractivity contribution in [2.45, 2.75) is 13.0 Å². The molecule has 0 N–H and O–H groups in total. The van der Waals surface area contributed by atoms with Crippen molar-refractivity contribution in [2.75, 3.05) is 19.1 Å². The molecule has 0 bridgehead atoms. The highest BCUT2D eigenvalue weighted by molar-refractivity contribution is 5.50. The van der Waals surface area contributed by atoms with Crippen LogP contribution in [0.15, 0.2) is 61.3 Å². The first-order valence-corrected chi connectivity index (χ1v) is 7.73. The molecule has 0 aliphatic carbocycles. The number of anilines is 1. The van der Waals surface area contributed by atoms with E-state index in [4.69, 9.17) is 4.74 Å². The van der Waals surface area contributed by atoms with Crippen molar-refractivity contribution < 1.29 is 4.74 Å². The summed E-state index contributed by atoms with van der Waals surface area (Å²) >= 11 is 0. The highest BCUT2D eigenvalue weighted by Crippen LogP contribution is 2.31. The van der Waals surface area contributed by atoms with Gasteiger partial charge in [0.05, 0.1) is 25.0 Å². The number of methoxy groups -OCH3 is 1. The monoisotopic (exact) mass is 320 g/mol. The zero-order chi connectivity index (χ0) is 16.9. The maximum atomic E-state index is 5.17. The number of hydrogen-bond acceptors (Lipinski definition) is 5. The lowest BCUT2D eigenvalue weighted by atomic mass is 9.99. The summed E-state index contributed by atoms with van der Waals surface area (Å²) in [4.78, 5) is 15.1. The largest absolute Gasteiger partial charge is 0.481 e. The molecular formula is C19H20N4O. The van der Waals surface area contributed by atoms with E-state index in [-0.39, 0.29) is 6.04 Å². The third kappa shape index (κ3) is 3.35. The van der Waals surface area contributed by atoms with E-state index in [1.165, 1.54) is 0 Å². The van der Waals surface area contributed by atoms with Gasteiger partial charge in [-0.25, -0.2) is 4.98 Å². The van der Waals surface area contributed by atoms with Gasteiger partial charge in [0.1, 0.15) is 0 Å². The number of hydrogen-bond donors (Lipinski definition) is 0. The molecule has 0 fully saturated rings. The van der Waals surface area contributed by atoms with Crippen molar-refractivity contribution in [1.29, 1.82) is 0 Å². The quantitative estimate of drug-likeness (QED) is 0.721. The Bertz CT molecular complexity index is 790. The van der Waals surface area contributed by atoms with Crippen LogP contribution in [-0.4, -0.2) is 29.1 Å². The fourth-order valence-electron chi connectivity index (χ4n) is 2.75. The lowest BCUT2D eigenvalue weighted by Gasteiger charge is -2.30. The van der Waals surface area contributed by atoms with Crippen molar-refractivity contribution in [3.05, 3.63) is 78.0 Å². The first-order valence-electron chi connectivity index (χ1n) is 7.73. The second-order valence-corrected chi connectivity index (χ2v) is 5.65. The first kappa shape index (κ1) is 15.9. The average Bonchev–Trinajstić information content (AvgIpc) is 2.63. The van der Waals surface area contributed by atoms with Crippen molar-refractivity contribution in [3.8, 4) is 5.88 Å². The molecular weight excluding hydrogens is 300 g/mol. The molecule has 0 amide bonds. The Labute approximate surface area is 142 Å². The minimum atomic E-state index is -0.0139. The summed E-state index contributed by atoms with van der Waals surface area (Å²) in [5.74, 6) is 0.601. The van der Waals surface area contributed by atoms with Gasteiger partial charge < -0.3 is 9.64 Å². The maximum Gasteiger partial charge on any atom is 0.212 e. The van der Waals surface area contributed by atoms with Crippen LogP contribution in [0.2, 0.25) is 0 Å². The van der Waals surface area contributed by atoms with Crippen molar-refractivity contribution >= 4 is 5.69 Å². The standard InChI is InChI=1S/C19H20N4O/c1-14-9-16(11-21-10-14)19(15-6-7-18(24-3)22-12-15)23(2)17-5-4-8-20-13-17/h4-13,19H,1-3H3. The Kier molecular flexibility index (Phi) is 4.70. The summed E-state index contributed by atoms with van der Waals surface area (Å²) in [6.07, 6.45) is 9.23. The Balaban J connectivity index is 2.06. The van der Waals surface area contributed by atoms with E-state index in [1.807, 2.05) is 63.0 Å². The summed E-state index contributed by atoms with van der Waals surface area (Å²) < 4.78 is 5.17. The van der Waals surface area contributed by atoms with Gasteiger partial charge in [-0.2, -0.15) is 0 Å². The second kappa shape index (κ2) is 7.08. The van der Waals surface area contributed by atoms with Crippen LogP contribution in [-0.2, 0) is 0 Å². The molecule has 5 nitrogen and oxygen atoms in total. The van der Waals surface area contributed by atoms with E-state index >= 15 is 0 Å². The molecule has 0 spiro atoms. The molecule has 1 unspecified atom stereocenters. The van der Waals surface area contributed by atoms with Crippen LogP contribution in [0, 0.1) is 6.92 Å². The fourth-order valence-corrected chi connectivity index (χ4v) is 2.75. The van der Waals surface area contributed by atoms with Gasteiger partial charge in [-0.1, -0.05) is 6.07 Å². The third-order valence-electron chi connectivity index (χ3n) is 3.94. The maximum absolute atomic E-state index is 5.17. The van der Waals surface area contributed by atoms with E-state index in [1.54, 1.807) is 13.3 Å². The topological polar surface area (TPSA) is 51.1 Å². The van der Waals surface area contributed by atoms with E-state index in [0.717, 1.165) is 22.4 Å². The van der Waals surface area contributed by atoms with Crippen molar-refractivity contribution in [3.63, 3.8) is 0 Å². The molecule has 0 radical (unpaired) electrons. The summed E-state index contributed by atoms with van der Waals surface area (Å²) in [7, 11) is 3.67. The average molecular weight is 320 g/mol. The Hall–Kier alpha value is -2.95. The van der Waals surface area contributed by atoms with Crippen molar-refractivity contribution in [2.24, 2.45) is 0 Å². The highest BCUT2D eigenvalue weighted by atomic mass is 16.5. The Morgan fingerprint density at radius 2 is 1.88 bits per heavy atom. The number of pyridine rings is 3. The predicted molar refractivity (Wildman–Crippen MR) is 94.2 cm³/mol. The molecule has 1 atom stereocenters. The molecule has 0 saturated heterocycles. The SMILES string of the molecule is COc1ccc(C(c2cncc(C)c2)N(C)c2cccnc2)cn1. The fraction of sp³-hybridized carbons (Fsp3) is 0.211. The summed E-state index contributed by atoms with van der Waals surface area (Å²) in [5.41, 5.74) is 4.32. The minimum Gasteiger partial charge on any atom is -0.481 e. The van der Waals surface area contributed by atoms with Crippen LogP contribution >= 0.6 is 0 Å². The molecule has 0 aliphatic rings. The molecule has 0 saturated carbocycles. The van der Waals surface area contributed by atoms with Crippen LogP contribution in [0.1, 0.15) is 22.7 Å². The molecule has 5 heteroatoms. The lowest BCUT2D eigenvalue weighted by Crippen LogP contribution is -2.25. The van der Waals surface area contributed by atoms with Crippen LogP contribution < -0.4 is 9.64 Å². The van der Waals surface area contributed by atoms with Gasteiger partial charge in [0.15, 0.2) is 0 Å². The third-order valence-corrected chi connectivity index (χ3v) is 3.94. The summed E-state index contributed by atoms with van der Waals surface area (Å²) in [6.45, 7) is 2.05. The van der Waals surface area contributed by atoms with Gasteiger partial charge in [0, 0.05) is 37.9 Å². The molecule has 122 valence electrons. The predicted octanol–water partition coefficient (Wildman–Crippen LogP) is 3.41. The van der Waals surface area contributed by atoms with Crippen LogP contribution in [0.25, 0.3) is 0 Å². The van der Waals surface area contributed by atoms with Crippen LogP contribution in [0.3, 0.4) is 0 Å². The molecule has 0 aliphatic heterocycles. The number of aromatic nitrogens is 3. The van der Waals surface area contributed by atoms with Gasteiger partial charge in [-0.3, -0.25) is 9.97 Å². The summed E-state index contributed by atoms with van der Waals surface area (Å²) in [6, 6.07) is 10.0. The highest BCUT2D eigenvalue weighted by Gasteiger charge is 2.21. The smallest absolute Gasteiger partial charge is 0.212 e. The normalized spacial score (nSPS) is 11.8. The number of ether oxygens (including phenoxy) is 1. The molecule has 3 rings (SSSR count). The number of nitrogens with zero attached hydrogens (tertiary/aromatic N) is 4. The molecule has 0 aromatic carbocycles. The number of aryl methyl sites for hydroxylation is 1. The summed E-state index contributed by atoms with van der Waals surface area (Å²) in [5, 5.41) is 0. The molecule has 3 aromatic heterocycles. The van der Waals surface area contributed by atoms with Gasteiger partial charge in [0.2, 0.25) is 5.88 Å². The first-order chi connectivity index (χ1) is 11.7. The zero-order valence-electron chi connectivity index (χ0n) is 14.0. The lowest BCUT2D eigenvalue weighted by molar-refractivity contribution is 0.397. The van der Waals surface area contributed by atoms with Gasteiger partial charge in [-0.15, -0.1) is 0 Å². The van der Waals surface area contributed by atoms with Crippen LogP contribution in [0.4, 0.5) is 5.69 Å². The molecule has 3 aromatic rings. The van der Waals surface area contributed by atoms with Crippen molar-refractivity contribution in [1.82, 2.24) is 15.0 Å². The van der Waals surface area contributed by atoms with E-state index in [2.05, 4.69) is 25.9 Å². The van der Waals surface area contributed by atoms with Gasteiger partial charge in [-0.05, 0) is 41.8 Å². The molecule has 24 heavy (non-hydrogen) atoms.